The Morgan fingerprint density at radius 2 is 2.09 bits per heavy atom. The van der Waals surface area contributed by atoms with Gasteiger partial charge in [-0.3, -0.25) is 9.69 Å². The number of amides is 1. The minimum Gasteiger partial charge on any atom is -0.390 e. The molecular formula is C15H28N6O. The van der Waals surface area contributed by atoms with Crippen molar-refractivity contribution >= 4 is 5.91 Å². The van der Waals surface area contributed by atoms with Crippen LogP contribution in [0.5, 0.6) is 0 Å². The van der Waals surface area contributed by atoms with Gasteiger partial charge in [0.2, 0.25) is 0 Å². The highest BCUT2D eigenvalue weighted by Crippen LogP contribution is 1.93. The molecule has 0 spiro atoms. The summed E-state index contributed by atoms with van der Waals surface area (Å²) in [7, 11) is 4.03. The van der Waals surface area contributed by atoms with E-state index in [1.807, 2.05) is 20.2 Å². The number of rotatable bonds is 9. The minimum atomic E-state index is -0.308. The maximum atomic E-state index is 11.9. The Hall–Kier alpha value is -1.62. The molecule has 1 heterocycles. The highest BCUT2D eigenvalue weighted by atomic mass is 16.1. The van der Waals surface area contributed by atoms with Crippen LogP contribution in [-0.4, -0.2) is 82.2 Å². The van der Waals surface area contributed by atoms with Gasteiger partial charge in [0.1, 0.15) is 11.6 Å². The van der Waals surface area contributed by atoms with E-state index in [9.17, 15) is 4.79 Å². The first-order chi connectivity index (χ1) is 10.6. The molecule has 1 aliphatic rings. The summed E-state index contributed by atoms with van der Waals surface area (Å²) in [5, 5.41) is 18.2. The number of piperazine rings is 1. The third-order valence-corrected chi connectivity index (χ3v) is 3.46. The predicted molar refractivity (Wildman–Crippen MR) is 87.2 cm³/mol. The summed E-state index contributed by atoms with van der Waals surface area (Å²) in [5.74, 6) is -0.308. The van der Waals surface area contributed by atoms with Gasteiger partial charge in [-0.05, 0) is 27.1 Å². The third kappa shape index (κ3) is 7.98. The fourth-order valence-corrected chi connectivity index (χ4v) is 2.18. The van der Waals surface area contributed by atoms with Crippen LogP contribution >= 0.6 is 0 Å². The van der Waals surface area contributed by atoms with Gasteiger partial charge in [0.25, 0.3) is 5.91 Å². The van der Waals surface area contributed by atoms with Crippen molar-refractivity contribution < 1.29 is 4.79 Å². The number of nitriles is 1. The smallest absolute Gasteiger partial charge is 0.263 e. The molecule has 124 valence electrons. The summed E-state index contributed by atoms with van der Waals surface area (Å²) in [4.78, 5) is 16.3. The maximum Gasteiger partial charge on any atom is 0.263 e. The Kier molecular flexibility index (Phi) is 9.23. The third-order valence-electron chi connectivity index (χ3n) is 3.46. The van der Waals surface area contributed by atoms with E-state index in [1.54, 1.807) is 0 Å². The topological polar surface area (TPSA) is 83.4 Å². The van der Waals surface area contributed by atoms with Crippen LogP contribution in [0.1, 0.15) is 6.42 Å². The Morgan fingerprint density at radius 3 is 2.73 bits per heavy atom. The van der Waals surface area contributed by atoms with Crippen LogP contribution in [0.2, 0.25) is 0 Å². The van der Waals surface area contributed by atoms with Gasteiger partial charge >= 0.3 is 0 Å². The zero-order valence-corrected chi connectivity index (χ0v) is 13.7. The molecule has 1 saturated heterocycles. The molecule has 1 aliphatic heterocycles. The van der Waals surface area contributed by atoms with Crippen LogP contribution < -0.4 is 16.0 Å². The van der Waals surface area contributed by atoms with E-state index in [0.717, 1.165) is 52.2 Å². The molecule has 3 N–H and O–H groups in total. The summed E-state index contributed by atoms with van der Waals surface area (Å²) < 4.78 is 0. The predicted octanol–water partition coefficient (Wildman–Crippen LogP) is -1.04. The van der Waals surface area contributed by atoms with Crippen molar-refractivity contribution in [2.75, 3.05) is 66.5 Å². The molecule has 1 rings (SSSR count). The molecule has 0 radical (unpaired) electrons. The van der Waals surface area contributed by atoms with Crippen molar-refractivity contribution in [1.29, 1.82) is 5.26 Å². The van der Waals surface area contributed by atoms with Crippen molar-refractivity contribution in [3.8, 4) is 6.07 Å². The van der Waals surface area contributed by atoms with Gasteiger partial charge in [-0.2, -0.15) is 5.26 Å². The molecular weight excluding hydrogens is 280 g/mol. The van der Waals surface area contributed by atoms with Crippen LogP contribution in [0.4, 0.5) is 0 Å². The van der Waals surface area contributed by atoms with Crippen molar-refractivity contribution in [2.24, 2.45) is 0 Å². The average molecular weight is 308 g/mol. The number of nitrogens with zero attached hydrogens (tertiary/aromatic N) is 3. The molecule has 0 bridgehead atoms. The Bertz CT molecular complexity index is 395. The fourth-order valence-electron chi connectivity index (χ4n) is 2.18. The number of hydrogen-bond acceptors (Lipinski definition) is 6. The van der Waals surface area contributed by atoms with Crippen molar-refractivity contribution in [3.63, 3.8) is 0 Å². The average Bonchev–Trinajstić information content (AvgIpc) is 2.51. The van der Waals surface area contributed by atoms with Crippen LogP contribution in [-0.2, 0) is 4.79 Å². The second kappa shape index (κ2) is 11.0. The summed E-state index contributed by atoms with van der Waals surface area (Å²) in [5.41, 5.74) is 0.130. The molecule has 0 unspecified atom stereocenters. The number of hydrogen-bond donors (Lipinski definition) is 3. The molecule has 7 heteroatoms. The quantitative estimate of drug-likeness (QED) is 0.287. The maximum absolute atomic E-state index is 11.9. The van der Waals surface area contributed by atoms with E-state index in [-0.39, 0.29) is 11.5 Å². The first-order valence-electron chi connectivity index (χ1n) is 7.83. The molecule has 0 atom stereocenters. The first-order valence-corrected chi connectivity index (χ1v) is 7.83. The van der Waals surface area contributed by atoms with E-state index in [0.29, 0.717) is 6.54 Å². The summed E-state index contributed by atoms with van der Waals surface area (Å²) in [6.07, 6.45) is 2.47. The van der Waals surface area contributed by atoms with E-state index in [1.165, 1.54) is 6.20 Å². The van der Waals surface area contributed by atoms with Gasteiger partial charge in [-0.15, -0.1) is 0 Å². The second-order valence-electron chi connectivity index (χ2n) is 5.63. The molecule has 0 saturated carbocycles. The van der Waals surface area contributed by atoms with Crippen molar-refractivity contribution in [3.05, 3.63) is 11.8 Å². The van der Waals surface area contributed by atoms with Crippen LogP contribution in [0.15, 0.2) is 11.8 Å². The molecule has 7 nitrogen and oxygen atoms in total. The minimum absolute atomic E-state index is 0.130. The normalized spacial score (nSPS) is 16.4. The Morgan fingerprint density at radius 1 is 1.36 bits per heavy atom. The van der Waals surface area contributed by atoms with E-state index < -0.39 is 0 Å². The van der Waals surface area contributed by atoms with Gasteiger partial charge in [-0.25, -0.2) is 0 Å². The molecule has 0 aromatic heterocycles. The van der Waals surface area contributed by atoms with E-state index >= 15 is 0 Å². The van der Waals surface area contributed by atoms with Gasteiger partial charge in [0.05, 0.1) is 0 Å². The Balaban J connectivity index is 2.20. The molecule has 0 aromatic carbocycles. The van der Waals surface area contributed by atoms with Crippen molar-refractivity contribution in [1.82, 2.24) is 25.8 Å². The lowest BCUT2D eigenvalue weighted by Gasteiger charge is -2.27. The van der Waals surface area contributed by atoms with Gasteiger partial charge < -0.3 is 20.9 Å². The fraction of sp³-hybridized carbons (Fsp3) is 0.733. The molecule has 0 aliphatic carbocycles. The summed E-state index contributed by atoms with van der Waals surface area (Å²) >= 11 is 0. The highest BCUT2D eigenvalue weighted by Gasteiger charge is 2.11. The molecule has 1 amide bonds. The van der Waals surface area contributed by atoms with E-state index in [2.05, 4.69) is 25.8 Å². The zero-order valence-electron chi connectivity index (χ0n) is 13.7. The Labute approximate surface area is 133 Å². The van der Waals surface area contributed by atoms with Crippen LogP contribution in [0.3, 0.4) is 0 Å². The monoisotopic (exact) mass is 308 g/mol. The van der Waals surface area contributed by atoms with Gasteiger partial charge in [0, 0.05) is 52.0 Å². The highest BCUT2D eigenvalue weighted by molar-refractivity contribution is 5.97. The second-order valence-corrected chi connectivity index (χ2v) is 5.63. The lowest BCUT2D eigenvalue weighted by Crippen LogP contribution is -2.46. The van der Waals surface area contributed by atoms with Crippen molar-refractivity contribution in [2.45, 2.75) is 6.42 Å². The van der Waals surface area contributed by atoms with Crippen LogP contribution in [0, 0.1) is 11.3 Å². The standard InChI is InChI=1S/C15H28N6O/c1-20(2)8-3-4-18-13-14(12-16)15(22)19-7-11-21-9-5-17-6-10-21/h13,17-18H,3-11H2,1-2H3,(H,19,22)/b14-13-. The van der Waals surface area contributed by atoms with Gasteiger partial charge in [-0.1, -0.05) is 0 Å². The van der Waals surface area contributed by atoms with Crippen LogP contribution in [0.25, 0.3) is 0 Å². The lowest BCUT2D eigenvalue weighted by molar-refractivity contribution is -0.117. The van der Waals surface area contributed by atoms with Gasteiger partial charge in [0.15, 0.2) is 0 Å². The first kappa shape index (κ1) is 18.4. The number of carbonyl (C=O) groups is 1. The molecule has 22 heavy (non-hydrogen) atoms. The molecule has 0 aromatic rings. The summed E-state index contributed by atoms with van der Waals surface area (Å²) in [6.45, 7) is 7.11. The summed E-state index contributed by atoms with van der Waals surface area (Å²) in [6, 6.07) is 1.94. The number of nitrogens with one attached hydrogen (secondary N) is 3. The number of carbonyl (C=O) groups excluding carboxylic acids is 1. The largest absolute Gasteiger partial charge is 0.390 e. The molecule has 1 fully saturated rings. The zero-order chi connectivity index (χ0) is 16.2. The lowest BCUT2D eigenvalue weighted by atomic mass is 10.3. The SMILES string of the molecule is CN(C)CCCN/C=C(/C#N)C(=O)NCCN1CCNCC1. The van der Waals surface area contributed by atoms with E-state index in [4.69, 9.17) is 5.26 Å².